The molecule has 0 spiro atoms. The smallest absolute Gasteiger partial charge is 0.231 e. The van der Waals surface area contributed by atoms with Gasteiger partial charge in [-0.15, -0.1) is 0 Å². The van der Waals surface area contributed by atoms with Crippen molar-refractivity contribution in [1.29, 1.82) is 0 Å². The monoisotopic (exact) mass is 298 g/mol. The Labute approximate surface area is 133 Å². The third kappa shape index (κ3) is 2.70. The van der Waals surface area contributed by atoms with E-state index < -0.39 is 0 Å². The molecule has 1 saturated carbocycles. The summed E-state index contributed by atoms with van der Waals surface area (Å²) in [7, 11) is 4.26. The summed E-state index contributed by atoms with van der Waals surface area (Å²) in [5.74, 6) is 0.160. The van der Waals surface area contributed by atoms with Gasteiger partial charge in [-0.05, 0) is 45.0 Å². The largest absolute Gasteiger partial charge is 0.353 e. The van der Waals surface area contributed by atoms with Crippen molar-refractivity contribution in [2.24, 2.45) is 5.92 Å². The number of carbonyl (C=O) groups is 1. The lowest BCUT2D eigenvalue weighted by Crippen LogP contribution is -2.51. The third-order valence-corrected chi connectivity index (χ3v) is 5.48. The van der Waals surface area contributed by atoms with Crippen LogP contribution in [0.2, 0.25) is 0 Å². The standard InChI is InChI=1S/C19H26N2O/c1-14-16(15-9-5-4-6-10-15)17(14)18(22)20-13-19(21(2)3)11-7-8-12-19/h4-6,9-10,17H,7-8,11-13H2,1-3H3,(H,20,22)/t17-/m1/s1. The molecule has 0 aromatic heterocycles. The molecule has 0 heterocycles. The molecule has 1 aromatic carbocycles. The third-order valence-electron chi connectivity index (χ3n) is 5.48. The number of hydrogen-bond donors (Lipinski definition) is 1. The van der Waals surface area contributed by atoms with E-state index in [1.54, 1.807) is 0 Å². The molecule has 0 radical (unpaired) electrons. The van der Waals surface area contributed by atoms with Crippen LogP contribution in [-0.2, 0) is 4.79 Å². The minimum atomic E-state index is -0.0111. The van der Waals surface area contributed by atoms with Gasteiger partial charge < -0.3 is 10.2 Å². The van der Waals surface area contributed by atoms with Gasteiger partial charge in [0.05, 0.1) is 5.92 Å². The van der Waals surface area contributed by atoms with Gasteiger partial charge in [0.1, 0.15) is 0 Å². The number of likely N-dealkylation sites (N-methyl/N-ethyl adjacent to an activating group) is 1. The summed E-state index contributed by atoms with van der Waals surface area (Å²) in [6.45, 7) is 2.84. The molecule has 1 atom stereocenters. The summed E-state index contributed by atoms with van der Waals surface area (Å²) < 4.78 is 0. The predicted molar refractivity (Wildman–Crippen MR) is 90.4 cm³/mol. The zero-order valence-electron chi connectivity index (χ0n) is 13.9. The Morgan fingerprint density at radius 1 is 1.23 bits per heavy atom. The summed E-state index contributed by atoms with van der Waals surface area (Å²) in [6, 6.07) is 10.2. The van der Waals surface area contributed by atoms with Crippen LogP contribution in [0.4, 0.5) is 0 Å². The molecule has 3 rings (SSSR count). The van der Waals surface area contributed by atoms with E-state index in [0.717, 1.165) is 6.54 Å². The first-order chi connectivity index (χ1) is 10.6. The summed E-state index contributed by atoms with van der Waals surface area (Å²) in [4.78, 5) is 14.8. The van der Waals surface area contributed by atoms with Crippen LogP contribution in [-0.4, -0.2) is 37.0 Å². The molecule has 2 aliphatic carbocycles. The number of amides is 1. The first kappa shape index (κ1) is 15.3. The fraction of sp³-hybridized carbons (Fsp3) is 0.526. The SMILES string of the molecule is CC1=C(c2ccccc2)[C@@H]1C(=O)NCC1(N(C)C)CCCC1. The van der Waals surface area contributed by atoms with Crippen molar-refractivity contribution >= 4 is 11.5 Å². The lowest BCUT2D eigenvalue weighted by molar-refractivity contribution is -0.122. The first-order valence-electron chi connectivity index (χ1n) is 8.26. The Balaban J connectivity index is 1.60. The molecule has 1 N–H and O–H groups in total. The van der Waals surface area contributed by atoms with Crippen molar-refractivity contribution in [3.8, 4) is 0 Å². The molecule has 2 aliphatic rings. The van der Waals surface area contributed by atoms with E-state index in [0.29, 0.717) is 0 Å². The van der Waals surface area contributed by atoms with Crippen LogP contribution in [0.3, 0.4) is 0 Å². The number of benzene rings is 1. The van der Waals surface area contributed by atoms with Gasteiger partial charge in [0.25, 0.3) is 0 Å². The van der Waals surface area contributed by atoms with Crippen molar-refractivity contribution in [1.82, 2.24) is 10.2 Å². The van der Waals surface area contributed by atoms with Crippen LogP contribution >= 0.6 is 0 Å². The van der Waals surface area contributed by atoms with Crippen LogP contribution in [0.15, 0.2) is 35.9 Å². The highest BCUT2D eigenvalue weighted by Crippen LogP contribution is 2.46. The fourth-order valence-corrected chi connectivity index (χ4v) is 3.84. The quantitative estimate of drug-likeness (QED) is 0.906. The summed E-state index contributed by atoms with van der Waals surface area (Å²) in [5, 5.41) is 3.22. The Bertz CT molecular complexity index is 583. The molecule has 3 heteroatoms. The number of nitrogens with one attached hydrogen (secondary N) is 1. The number of hydrogen-bond acceptors (Lipinski definition) is 2. The van der Waals surface area contributed by atoms with E-state index in [9.17, 15) is 4.79 Å². The molecule has 118 valence electrons. The van der Waals surface area contributed by atoms with Crippen LogP contribution in [0.5, 0.6) is 0 Å². The Hall–Kier alpha value is -1.61. The normalized spacial score (nSPS) is 23.0. The topological polar surface area (TPSA) is 32.3 Å². The van der Waals surface area contributed by atoms with Gasteiger partial charge in [-0.2, -0.15) is 0 Å². The van der Waals surface area contributed by atoms with Gasteiger partial charge in [-0.1, -0.05) is 48.7 Å². The van der Waals surface area contributed by atoms with Gasteiger partial charge in [-0.25, -0.2) is 0 Å². The molecule has 0 aliphatic heterocycles. The van der Waals surface area contributed by atoms with Crippen molar-refractivity contribution in [3.63, 3.8) is 0 Å². The lowest BCUT2D eigenvalue weighted by Gasteiger charge is -2.36. The van der Waals surface area contributed by atoms with Crippen LogP contribution in [0.1, 0.15) is 38.2 Å². The van der Waals surface area contributed by atoms with E-state index in [1.807, 2.05) is 18.2 Å². The minimum Gasteiger partial charge on any atom is -0.353 e. The van der Waals surface area contributed by atoms with Gasteiger partial charge in [0.15, 0.2) is 0 Å². The van der Waals surface area contributed by atoms with Gasteiger partial charge in [0, 0.05) is 12.1 Å². The second kappa shape index (κ2) is 5.88. The molecule has 22 heavy (non-hydrogen) atoms. The van der Waals surface area contributed by atoms with E-state index in [2.05, 4.69) is 43.4 Å². The van der Waals surface area contributed by atoms with Gasteiger partial charge in [-0.3, -0.25) is 4.79 Å². The van der Waals surface area contributed by atoms with Crippen molar-refractivity contribution in [2.75, 3.05) is 20.6 Å². The molecule has 1 aromatic rings. The van der Waals surface area contributed by atoms with Gasteiger partial charge >= 0.3 is 0 Å². The van der Waals surface area contributed by atoms with Crippen molar-refractivity contribution < 1.29 is 4.79 Å². The van der Waals surface area contributed by atoms with E-state index in [1.165, 1.54) is 42.4 Å². The second-order valence-electron chi connectivity index (χ2n) is 6.94. The first-order valence-corrected chi connectivity index (χ1v) is 8.26. The molecular formula is C19H26N2O. The zero-order valence-corrected chi connectivity index (χ0v) is 13.9. The Kier molecular flexibility index (Phi) is 4.09. The van der Waals surface area contributed by atoms with E-state index >= 15 is 0 Å². The molecule has 1 amide bonds. The average molecular weight is 298 g/mol. The maximum absolute atomic E-state index is 12.5. The number of nitrogens with zero attached hydrogens (tertiary/aromatic N) is 1. The van der Waals surface area contributed by atoms with Crippen molar-refractivity contribution in [3.05, 3.63) is 41.5 Å². The minimum absolute atomic E-state index is 0.0111. The molecule has 0 bridgehead atoms. The highest BCUT2D eigenvalue weighted by molar-refractivity contribution is 6.05. The van der Waals surface area contributed by atoms with Crippen LogP contribution in [0.25, 0.3) is 5.57 Å². The maximum Gasteiger partial charge on any atom is 0.231 e. The molecular weight excluding hydrogens is 272 g/mol. The average Bonchev–Trinajstić information content (AvgIpc) is 2.97. The van der Waals surface area contributed by atoms with E-state index in [-0.39, 0.29) is 17.4 Å². The number of carbonyl (C=O) groups excluding carboxylic acids is 1. The maximum atomic E-state index is 12.5. The Morgan fingerprint density at radius 2 is 1.86 bits per heavy atom. The van der Waals surface area contributed by atoms with Crippen LogP contribution < -0.4 is 5.32 Å². The van der Waals surface area contributed by atoms with E-state index in [4.69, 9.17) is 0 Å². The summed E-state index contributed by atoms with van der Waals surface area (Å²) in [5.41, 5.74) is 3.77. The van der Waals surface area contributed by atoms with Crippen molar-refractivity contribution in [2.45, 2.75) is 38.1 Å². The summed E-state index contributed by atoms with van der Waals surface area (Å²) >= 11 is 0. The van der Waals surface area contributed by atoms with Gasteiger partial charge in [0.2, 0.25) is 5.91 Å². The molecule has 0 unspecified atom stereocenters. The summed E-state index contributed by atoms with van der Waals surface area (Å²) in [6.07, 6.45) is 4.90. The molecule has 1 fully saturated rings. The highest BCUT2D eigenvalue weighted by atomic mass is 16.2. The Morgan fingerprint density at radius 3 is 2.45 bits per heavy atom. The fourth-order valence-electron chi connectivity index (χ4n) is 3.84. The molecule has 3 nitrogen and oxygen atoms in total. The lowest BCUT2D eigenvalue weighted by atomic mass is 9.96. The zero-order chi connectivity index (χ0) is 15.7. The number of rotatable bonds is 5. The molecule has 0 saturated heterocycles. The highest BCUT2D eigenvalue weighted by Gasteiger charge is 2.42. The predicted octanol–water partition coefficient (Wildman–Crippen LogP) is 3.08. The van der Waals surface area contributed by atoms with Crippen LogP contribution in [0, 0.1) is 5.92 Å². The second-order valence-corrected chi connectivity index (χ2v) is 6.94.